The topological polar surface area (TPSA) is 55.0 Å². The molecule has 0 aliphatic carbocycles. The number of aromatic nitrogens is 2. The van der Waals surface area contributed by atoms with Crippen molar-refractivity contribution in [2.75, 3.05) is 6.61 Å². The molecule has 1 aliphatic rings. The number of hydrogen-bond acceptors (Lipinski definition) is 3. The Labute approximate surface area is 112 Å². The van der Waals surface area contributed by atoms with Crippen LogP contribution in [0.25, 0.3) is 0 Å². The predicted octanol–water partition coefficient (Wildman–Crippen LogP) is 2.37. The van der Waals surface area contributed by atoms with Crippen molar-refractivity contribution in [3.63, 3.8) is 0 Å². The van der Waals surface area contributed by atoms with Crippen LogP contribution in [0.5, 0.6) is 5.75 Å². The molecule has 1 N–H and O–H groups in total. The van der Waals surface area contributed by atoms with Crippen molar-refractivity contribution in [3.8, 4) is 5.75 Å². The summed E-state index contributed by atoms with van der Waals surface area (Å²) >= 11 is 3.22. The Kier molecular flexibility index (Phi) is 2.70. The number of nitrogens with one attached hydrogen (secondary N) is 1. The SMILES string of the molecule is Cc1nc(C2COc3ccccc32)[nH]c(=O)c1Br. The number of hydrogen-bond donors (Lipinski definition) is 1. The van der Waals surface area contributed by atoms with Gasteiger partial charge in [-0.2, -0.15) is 0 Å². The summed E-state index contributed by atoms with van der Waals surface area (Å²) < 4.78 is 6.09. The number of nitrogens with zero attached hydrogens (tertiary/aromatic N) is 1. The second kappa shape index (κ2) is 4.24. The molecule has 1 aliphatic heterocycles. The van der Waals surface area contributed by atoms with Crippen molar-refractivity contribution in [1.82, 2.24) is 9.97 Å². The fraction of sp³-hybridized carbons (Fsp3) is 0.231. The molecule has 92 valence electrons. The Morgan fingerprint density at radius 3 is 3.00 bits per heavy atom. The lowest BCUT2D eigenvalue weighted by atomic mass is 10.0. The molecule has 3 rings (SSSR count). The first-order valence-corrected chi connectivity index (χ1v) is 6.44. The zero-order valence-electron chi connectivity index (χ0n) is 9.74. The predicted molar refractivity (Wildman–Crippen MR) is 71.1 cm³/mol. The minimum atomic E-state index is -0.151. The highest BCUT2D eigenvalue weighted by molar-refractivity contribution is 9.10. The summed E-state index contributed by atoms with van der Waals surface area (Å²) in [6.07, 6.45) is 0. The van der Waals surface area contributed by atoms with Gasteiger partial charge in [-0.05, 0) is 28.9 Å². The zero-order valence-corrected chi connectivity index (χ0v) is 11.3. The number of benzene rings is 1. The first kappa shape index (κ1) is 11.5. The molecule has 0 radical (unpaired) electrons. The van der Waals surface area contributed by atoms with Gasteiger partial charge in [-0.15, -0.1) is 0 Å². The number of aryl methyl sites for hydroxylation is 1. The van der Waals surface area contributed by atoms with Gasteiger partial charge >= 0.3 is 0 Å². The highest BCUT2D eigenvalue weighted by Gasteiger charge is 2.27. The highest BCUT2D eigenvalue weighted by Crippen LogP contribution is 2.36. The standard InChI is InChI=1S/C13H11BrN2O2/c1-7-11(14)13(17)16-12(15-7)9-6-18-10-5-3-2-4-8(9)10/h2-5,9H,6H2,1H3,(H,15,16,17). The third kappa shape index (κ3) is 1.75. The van der Waals surface area contributed by atoms with E-state index in [0.717, 1.165) is 11.3 Å². The minimum Gasteiger partial charge on any atom is -0.492 e. The van der Waals surface area contributed by atoms with E-state index in [9.17, 15) is 4.79 Å². The van der Waals surface area contributed by atoms with Crippen molar-refractivity contribution in [1.29, 1.82) is 0 Å². The number of para-hydroxylation sites is 1. The lowest BCUT2D eigenvalue weighted by Gasteiger charge is -2.09. The molecule has 0 spiro atoms. The van der Waals surface area contributed by atoms with E-state index in [-0.39, 0.29) is 11.5 Å². The van der Waals surface area contributed by atoms with Gasteiger partial charge in [0.2, 0.25) is 0 Å². The Balaban J connectivity index is 2.11. The summed E-state index contributed by atoms with van der Waals surface area (Å²) in [4.78, 5) is 19.0. The maximum atomic E-state index is 11.7. The van der Waals surface area contributed by atoms with Gasteiger partial charge in [0.15, 0.2) is 0 Å². The molecule has 1 atom stereocenters. The average Bonchev–Trinajstić information content (AvgIpc) is 2.79. The van der Waals surface area contributed by atoms with Crippen molar-refractivity contribution < 1.29 is 4.74 Å². The van der Waals surface area contributed by atoms with E-state index < -0.39 is 0 Å². The van der Waals surface area contributed by atoms with E-state index in [2.05, 4.69) is 25.9 Å². The first-order chi connectivity index (χ1) is 8.66. The number of aromatic amines is 1. The van der Waals surface area contributed by atoms with E-state index in [0.29, 0.717) is 22.6 Å². The molecule has 0 saturated carbocycles. The number of ether oxygens (including phenoxy) is 1. The second-order valence-electron chi connectivity index (χ2n) is 4.25. The molecule has 1 unspecified atom stereocenters. The van der Waals surface area contributed by atoms with Crippen LogP contribution in [0.15, 0.2) is 33.5 Å². The summed E-state index contributed by atoms with van der Waals surface area (Å²) in [5.41, 5.74) is 1.61. The number of rotatable bonds is 1. The molecule has 4 nitrogen and oxygen atoms in total. The van der Waals surface area contributed by atoms with Gasteiger partial charge in [-0.3, -0.25) is 4.79 Å². The molecular formula is C13H11BrN2O2. The minimum absolute atomic E-state index is 0.000648. The molecular weight excluding hydrogens is 296 g/mol. The smallest absolute Gasteiger partial charge is 0.265 e. The summed E-state index contributed by atoms with van der Waals surface area (Å²) in [7, 11) is 0. The third-order valence-electron chi connectivity index (χ3n) is 3.08. The average molecular weight is 307 g/mol. The maximum Gasteiger partial charge on any atom is 0.265 e. The van der Waals surface area contributed by atoms with Crippen LogP contribution in [0.1, 0.15) is 23.0 Å². The van der Waals surface area contributed by atoms with E-state index in [4.69, 9.17) is 4.74 Å². The van der Waals surface area contributed by atoms with Gasteiger partial charge in [0.25, 0.3) is 5.56 Å². The van der Waals surface area contributed by atoms with Crippen LogP contribution in [0, 0.1) is 6.92 Å². The summed E-state index contributed by atoms with van der Waals surface area (Å²) in [5.74, 6) is 1.53. The summed E-state index contributed by atoms with van der Waals surface area (Å²) in [6, 6.07) is 7.83. The highest BCUT2D eigenvalue weighted by atomic mass is 79.9. The van der Waals surface area contributed by atoms with Crippen LogP contribution in [0.3, 0.4) is 0 Å². The molecule has 18 heavy (non-hydrogen) atoms. The lowest BCUT2D eigenvalue weighted by molar-refractivity contribution is 0.339. The van der Waals surface area contributed by atoms with E-state index >= 15 is 0 Å². The van der Waals surface area contributed by atoms with Crippen molar-refractivity contribution in [2.24, 2.45) is 0 Å². The molecule has 5 heteroatoms. The Hall–Kier alpha value is -1.62. The van der Waals surface area contributed by atoms with Gasteiger partial charge in [0.1, 0.15) is 22.7 Å². The van der Waals surface area contributed by atoms with Crippen molar-refractivity contribution >= 4 is 15.9 Å². The third-order valence-corrected chi connectivity index (χ3v) is 4.01. The van der Waals surface area contributed by atoms with Gasteiger partial charge in [-0.1, -0.05) is 18.2 Å². The van der Waals surface area contributed by atoms with E-state index in [1.165, 1.54) is 0 Å². The Morgan fingerprint density at radius 2 is 2.22 bits per heavy atom. The maximum absolute atomic E-state index is 11.7. The molecule has 2 heterocycles. The van der Waals surface area contributed by atoms with Gasteiger partial charge in [-0.25, -0.2) is 4.98 Å². The zero-order chi connectivity index (χ0) is 12.7. The van der Waals surface area contributed by atoms with Crippen LogP contribution in [0.2, 0.25) is 0 Å². The molecule has 1 aromatic carbocycles. The van der Waals surface area contributed by atoms with Crippen LogP contribution in [0.4, 0.5) is 0 Å². The molecule has 0 fully saturated rings. The van der Waals surface area contributed by atoms with Gasteiger partial charge < -0.3 is 9.72 Å². The molecule has 2 aromatic rings. The largest absolute Gasteiger partial charge is 0.492 e. The lowest BCUT2D eigenvalue weighted by Crippen LogP contribution is -2.18. The first-order valence-electron chi connectivity index (χ1n) is 5.65. The van der Waals surface area contributed by atoms with Gasteiger partial charge in [0, 0.05) is 5.56 Å². The van der Waals surface area contributed by atoms with Crippen LogP contribution >= 0.6 is 15.9 Å². The fourth-order valence-corrected chi connectivity index (χ4v) is 2.33. The quantitative estimate of drug-likeness (QED) is 0.880. The van der Waals surface area contributed by atoms with E-state index in [1.54, 1.807) is 0 Å². The Morgan fingerprint density at radius 1 is 1.44 bits per heavy atom. The van der Waals surface area contributed by atoms with Crippen molar-refractivity contribution in [2.45, 2.75) is 12.8 Å². The molecule has 0 saturated heterocycles. The summed E-state index contributed by atoms with van der Waals surface area (Å²) in [6.45, 7) is 2.33. The number of halogens is 1. The fourth-order valence-electron chi connectivity index (χ4n) is 2.15. The van der Waals surface area contributed by atoms with Crippen LogP contribution in [-0.2, 0) is 0 Å². The van der Waals surface area contributed by atoms with Crippen LogP contribution in [-0.4, -0.2) is 16.6 Å². The number of H-pyrrole nitrogens is 1. The van der Waals surface area contributed by atoms with Gasteiger partial charge in [0.05, 0.1) is 11.6 Å². The summed E-state index contributed by atoms with van der Waals surface area (Å²) in [5, 5.41) is 0. The second-order valence-corrected chi connectivity index (χ2v) is 5.04. The van der Waals surface area contributed by atoms with E-state index in [1.807, 2.05) is 31.2 Å². The normalized spacial score (nSPS) is 17.3. The van der Waals surface area contributed by atoms with Crippen LogP contribution < -0.4 is 10.3 Å². The monoisotopic (exact) mass is 306 g/mol. The number of fused-ring (bicyclic) bond motifs is 1. The van der Waals surface area contributed by atoms with Crippen molar-refractivity contribution in [3.05, 3.63) is 56.2 Å². The molecule has 1 aromatic heterocycles. The molecule has 0 amide bonds. The molecule has 0 bridgehead atoms. The Bertz CT molecular complexity index is 666.